The van der Waals surface area contributed by atoms with Crippen molar-refractivity contribution in [1.82, 2.24) is 4.98 Å². The van der Waals surface area contributed by atoms with Crippen molar-refractivity contribution in [2.75, 3.05) is 5.32 Å². The van der Waals surface area contributed by atoms with E-state index in [0.717, 1.165) is 6.42 Å². The number of pyridine rings is 1. The van der Waals surface area contributed by atoms with Crippen molar-refractivity contribution < 1.29 is 4.79 Å². The number of hydrogen-bond donors (Lipinski definition) is 1. The maximum absolute atomic E-state index is 12.1. The molecule has 0 aliphatic carbocycles. The van der Waals surface area contributed by atoms with Crippen molar-refractivity contribution >= 4 is 17.7 Å². The zero-order valence-electron chi connectivity index (χ0n) is 11.7. The van der Waals surface area contributed by atoms with Crippen molar-refractivity contribution in [2.45, 2.75) is 13.3 Å². The molecule has 1 amide bonds. The first-order valence-electron chi connectivity index (χ1n) is 6.65. The van der Waals surface area contributed by atoms with Crippen LogP contribution in [0.5, 0.6) is 0 Å². The van der Waals surface area contributed by atoms with Crippen molar-refractivity contribution in [3.63, 3.8) is 0 Å². The fourth-order valence-electron chi connectivity index (χ4n) is 1.80. The van der Waals surface area contributed by atoms with Gasteiger partial charge in [-0.15, -0.1) is 0 Å². The molecule has 0 spiro atoms. The van der Waals surface area contributed by atoms with Gasteiger partial charge in [-0.2, -0.15) is 5.26 Å². The second kappa shape index (κ2) is 7.01. The molecule has 0 bridgehead atoms. The van der Waals surface area contributed by atoms with Gasteiger partial charge in [-0.3, -0.25) is 9.78 Å². The largest absolute Gasteiger partial charge is 0.321 e. The number of aryl methyl sites for hydroxylation is 1. The SMILES string of the molecule is CCc1ccc(NC(=O)/C(C#N)=C\c2cccnc2)cc1. The van der Waals surface area contributed by atoms with Gasteiger partial charge in [0, 0.05) is 18.1 Å². The van der Waals surface area contributed by atoms with Crippen molar-refractivity contribution in [3.8, 4) is 6.07 Å². The quantitative estimate of drug-likeness (QED) is 0.689. The Morgan fingerprint density at radius 2 is 2.10 bits per heavy atom. The van der Waals surface area contributed by atoms with Crippen LogP contribution in [-0.4, -0.2) is 10.9 Å². The van der Waals surface area contributed by atoms with E-state index < -0.39 is 5.91 Å². The predicted octanol–water partition coefficient (Wildman–Crippen LogP) is 3.19. The number of amides is 1. The predicted molar refractivity (Wildman–Crippen MR) is 82.3 cm³/mol. The highest BCUT2D eigenvalue weighted by Crippen LogP contribution is 2.12. The number of anilines is 1. The zero-order chi connectivity index (χ0) is 15.1. The molecule has 1 N–H and O–H groups in total. The first-order valence-corrected chi connectivity index (χ1v) is 6.65. The van der Waals surface area contributed by atoms with E-state index in [9.17, 15) is 4.79 Å². The molecule has 0 fully saturated rings. The van der Waals surface area contributed by atoms with Crippen molar-refractivity contribution in [1.29, 1.82) is 5.26 Å². The summed E-state index contributed by atoms with van der Waals surface area (Å²) in [4.78, 5) is 16.0. The molecule has 0 atom stereocenters. The Balaban J connectivity index is 2.13. The fourth-order valence-corrected chi connectivity index (χ4v) is 1.80. The fraction of sp³-hybridized carbons (Fsp3) is 0.118. The Morgan fingerprint density at radius 3 is 2.67 bits per heavy atom. The first-order chi connectivity index (χ1) is 10.2. The average molecular weight is 277 g/mol. The summed E-state index contributed by atoms with van der Waals surface area (Å²) in [6.07, 6.45) is 5.70. The van der Waals surface area contributed by atoms with E-state index in [-0.39, 0.29) is 5.57 Å². The molecule has 21 heavy (non-hydrogen) atoms. The summed E-state index contributed by atoms with van der Waals surface area (Å²) in [5.74, 6) is -0.425. The smallest absolute Gasteiger partial charge is 0.266 e. The van der Waals surface area contributed by atoms with E-state index in [2.05, 4.69) is 17.2 Å². The van der Waals surface area contributed by atoms with Gasteiger partial charge >= 0.3 is 0 Å². The summed E-state index contributed by atoms with van der Waals surface area (Å²) in [5.41, 5.74) is 2.62. The van der Waals surface area contributed by atoms with Gasteiger partial charge < -0.3 is 5.32 Å². The maximum atomic E-state index is 12.1. The highest BCUT2D eigenvalue weighted by molar-refractivity contribution is 6.09. The molecule has 1 heterocycles. The molecule has 0 radical (unpaired) electrons. The van der Waals surface area contributed by atoms with E-state index in [4.69, 9.17) is 5.26 Å². The van der Waals surface area contributed by atoms with Crippen molar-refractivity contribution in [3.05, 3.63) is 65.5 Å². The van der Waals surface area contributed by atoms with E-state index in [1.165, 1.54) is 11.6 Å². The second-order valence-electron chi connectivity index (χ2n) is 4.46. The normalized spacial score (nSPS) is 10.8. The van der Waals surface area contributed by atoms with Crippen LogP contribution in [0, 0.1) is 11.3 Å². The maximum Gasteiger partial charge on any atom is 0.266 e. The number of nitriles is 1. The summed E-state index contributed by atoms with van der Waals surface area (Å²) in [6, 6.07) is 13.0. The molecule has 0 aliphatic rings. The lowest BCUT2D eigenvalue weighted by Crippen LogP contribution is -2.13. The van der Waals surface area contributed by atoms with Gasteiger partial charge in [0.05, 0.1) is 0 Å². The number of benzene rings is 1. The number of aromatic nitrogens is 1. The van der Waals surface area contributed by atoms with Crippen LogP contribution in [0.1, 0.15) is 18.1 Å². The van der Waals surface area contributed by atoms with Crippen LogP contribution in [0.2, 0.25) is 0 Å². The van der Waals surface area contributed by atoms with E-state index in [1.54, 1.807) is 24.5 Å². The van der Waals surface area contributed by atoms with Gasteiger partial charge in [0.2, 0.25) is 0 Å². The number of rotatable bonds is 4. The minimum absolute atomic E-state index is 0.0440. The molecule has 1 aromatic heterocycles. The van der Waals surface area contributed by atoms with Gasteiger partial charge in [-0.05, 0) is 41.8 Å². The van der Waals surface area contributed by atoms with Gasteiger partial charge in [-0.1, -0.05) is 25.1 Å². The molecular weight excluding hydrogens is 262 g/mol. The van der Waals surface area contributed by atoms with Gasteiger partial charge in [0.25, 0.3) is 5.91 Å². The molecule has 4 nitrogen and oxygen atoms in total. The highest BCUT2D eigenvalue weighted by atomic mass is 16.1. The number of nitrogens with one attached hydrogen (secondary N) is 1. The van der Waals surface area contributed by atoms with E-state index in [0.29, 0.717) is 11.3 Å². The minimum Gasteiger partial charge on any atom is -0.321 e. The molecule has 104 valence electrons. The molecule has 2 rings (SSSR count). The summed E-state index contributed by atoms with van der Waals surface area (Å²) in [5, 5.41) is 11.8. The van der Waals surface area contributed by atoms with Crippen LogP contribution in [-0.2, 0) is 11.2 Å². The van der Waals surface area contributed by atoms with E-state index in [1.807, 2.05) is 30.3 Å². The first kappa shape index (κ1) is 14.5. The zero-order valence-corrected chi connectivity index (χ0v) is 11.7. The van der Waals surface area contributed by atoms with Gasteiger partial charge in [0.1, 0.15) is 11.6 Å². The molecule has 0 saturated carbocycles. The van der Waals surface area contributed by atoms with Crippen molar-refractivity contribution in [2.24, 2.45) is 0 Å². The topological polar surface area (TPSA) is 65.8 Å². The third-order valence-electron chi connectivity index (χ3n) is 2.98. The Labute approximate surface area is 123 Å². The number of carbonyl (C=O) groups excluding carboxylic acids is 1. The second-order valence-corrected chi connectivity index (χ2v) is 4.46. The molecule has 0 unspecified atom stereocenters. The summed E-state index contributed by atoms with van der Waals surface area (Å²) in [7, 11) is 0. The number of carbonyl (C=O) groups is 1. The average Bonchev–Trinajstić information content (AvgIpc) is 2.54. The Kier molecular flexibility index (Phi) is 4.84. The standard InChI is InChI=1S/C17H15N3O/c1-2-13-5-7-16(8-6-13)20-17(21)15(11-18)10-14-4-3-9-19-12-14/h3-10,12H,2H2,1H3,(H,20,21)/b15-10-. The number of hydrogen-bond acceptors (Lipinski definition) is 3. The monoisotopic (exact) mass is 277 g/mol. The molecule has 0 saturated heterocycles. The Morgan fingerprint density at radius 1 is 1.33 bits per heavy atom. The molecule has 4 heteroatoms. The summed E-state index contributed by atoms with van der Waals surface area (Å²) >= 11 is 0. The Bertz CT molecular complexity index is 682. The third kappa shape index (κ3) is 4.02. The molecule has 2 aromatic rings. The van der Waals surface area contributed by atoms with E-state index >= 15 is 0 Å². The summed E-state index contributed by atoms with van der Waals surface area (Å²) < 4.78 is 0. The molecule has 1 aromatic carbocycles. The lowest BCUT2D eigenvalue weighted by molar-refractivity contribution is -0.112. The van der Waals surface area contributed by atoms with Crippen LogP contribution in [0.25, 0.3) is 6.08 Å². The molecular formula is C17H15N3O. The lowest BCUT2D eigenvalue weighted by Gasteiger charge is -2.05. The van der Waals surface area contributed by atoms with Crippen LogP contribution in [0.4, 0.5) is 5.69 Å². The van der Waals surface area contributed by atoms with Gasteiger partial charge in [0.15, 0.2) is 0 Å². The van der Waals surface area contributed by atoms with Crippen LogP contribution in [0.15, 0.2) is 54.4 Å². The third-order valence-corrected chi connectivity index (χ3v) is 2.98. The van der Waals surface area contributed by atoms with Crippen LogP contribution >= 0.6 is 0 Å². The highest BCUT2D eigenvalue weighted by Gasteiger charge is 2.09. The van der Waals surface area contributed by atoms with Gasteiger partial charge in [-0.25, -0.2) is 0 Å². The van der Waals surface area contributed by atoms with Crippen LogP contribution in [0.3, 0.4) is 0 Å². The number of nitrogens with zero attached hydrogens (tertiary/aromatic N) is 2. The summed E-state index contributed by atoms with van der Waals surface area (Å²) in [6.45, 7) is 2.07. The lowest BCUT2D eigenvalue weighted by atomic mass is 10.1. The molecule has 0 aliphatic heterocycles. The minimum atomic E-state index is -0.425. The Hall–Kier alpha value is -2.93. The van der Waals surface area contributed by atoms with Crippen LogP contribution < -0.4 is 5.32 Å².